The number of furan rings is 1. The number of nitrogens with zero attached hydrogens (tertiary/aromatic N) is 1. The molecule has 1 aromatic heterocycles. The van der Waals surface area contributed by atoms with Gasteiger partial charge in [0.1, 0.15) is 23.0 Å². The first-order valence-electron chi connectivity index (χ1n) is 18.9. The fraction of sp³-hybridized carbons (Fsp3) is 0.0385. The normalized spacial score (nSPS) is 14.7. The number of benzene rings is 8. The van der Waals surface area contributed by atoms with Gasteiger partial charge in [-0.25, -0.2) is 0 Å². The molecule has 9 aromatic rings. The van der Waals surface area contributed by atoms with E-state index in [1.807, 2.05) is 18.2 Å². The fourth-order valence-electron chi connectivity index (χ4n) is 8.51. The van der Waals surface area contributed by atoms with Gasteiger partial charge in [0, 0.05) is 45.4 Å². The number of para-hydroxylation sites is 2. The summed E-state index contributed by atoms with van der Waals surface area (Å²) >= 11 is 0. The van der Waals surface area contributed by atoms with Crippen LogP contribution in [0.3, 0.4) is 0 Å². The Morgan fingerprint density at radius 2 is 1.07 bits per heavy atom. The summed E-state index contributed by atoms with van der Waals surface area (Å²) in [5.74, 6) is 0.973. The monoisotopic (exact) mass is 705 g/mol. The van der Waals surface area contributed by atoms with Gasteiger partial charge in [-0.1, -0.05) is 133 Å². The van der Waals surface area contributed by atoms with Crippen LogP contribution in [0.2, 0.25) is 0 Å². The van der Waals surface area contributed by atoms with Gasteiger partial charge in [0.15, 0.2) is 0 Å². The summed E-state index contributed by atoms with van der Waals surface area (Å²) in [5, 5.41) is 4.72. The third-order valence-electron chi connectivity index (χ3n) is 11.2. The van der Waals surface area contributed by atoms with E-state index in [-0.39, 0.29) is 6.10 Å². The predicted octanol–water partition coefficient (Wildman–Crippen LogP) is 14.2. The zero-order chi connectivity index (χ0) is 36.3. The van der Waals surface area contributed by atoms with Crippen LogP contribution in [0.15, 0.2) is 199 Å². The summed E-state index contributed by atoms with van der Waals surface area (Å²) in [4.78, 5) is 2.34. The van der Waals surface area contributed by atoms with Crippen molar-refractivity contribution in [3.63, 3.8) is 0 Å². The van der Waals surface area contributed by atoms with Crippen molar-refractivity contribution in [1.29, 1.82) is 0 Å². The average molecular weight is 706 g/mol. The number of hydrogen-bond acceptors (Lipinski definition) is 3. The highest BCUT2D eigenvalue weighted by atomic mass is 16.5. The lowest BCUT2D eigenvalue weighted by Crippen LogP contribution is -2.14. The van der Waals surface area contributed by atoms with E-state index >= 15 is 0 Å². The highest BCUT2D eigenvalue weighted by Crippen LogP contribution is 2.46. The van der Waals surface area contributed by atoms with Crippen molar-refractivity contribution < 1.29 is 9.15 Å². The molecule has 0 spiro atoms. The van der Waals surface area contributed by atoms with Gasteiger partial charge in [0.25, 0.3) is 0 Å². The number of hydrogen-bond donors (Lipinski definition) is 0. The van der Waals surface area contributed by atoms with Crippen molar-refractivity contribution in [1.82, 2.24) is 0 Å². The Bertz CT molecular complexity index is 2950. The smallest absolute Gasteiger partial charge is 0.136 e. The molecule has 0 saturated carbocycles. The Morgan fingerprint density at radius 1 is 0.473 bits per heavy atom. The third-order valence-corrected chi connectivity index (χ3v) is 11.2. The molecule has 11 rings (SSSR count). The van der Waals surface area contributed by atoms with E-state index in [9.17, 15) is 0 Å². The van der Waals surface area contributed by atoms with Crippen molar-refractivity contribution in [3.8, 4) is 28.0 Å². The molecule has 0 N–H and O–H groups in total. The van der Waals surface area contributed by atoms with Crippen molar-refractivity contribution >= 4 is 60.9 Å². The fourth-order valence-corrected chi connectivity index (χ4v) is 8.51. The van der Waals surface area contributed by atoms with Gasteiger partial charge in [0.05, 0.1) is 0 Å². The van der Waals surface area contributed by atoms with Crippen LogP contribution in [0.4, 0.5) is 17.1 Å². The topological polar surface area (TPSA) is 25.6 Å². The lowest BCUT2D eigenvalue weighted by atomic mass is 9.87. The zero-order valence-corrected chi connectivity index (χ0v) is 30.0. The van der Waals surface area contributed by atoms with Gasteiger partial charge in [0.2, 0.25) is 0 Å². The molecule has 0 saturated heterocycles. The molecule has 3 nitrogen and oxygen atoms in total. The summed E-state index contributed by atoms with van der Waals surface area (Å²) < 4.78 is 12.6. The van der Waals surface area contributed by atoms with Crippen molar-refractivity contribution in [3.05, 3.63) is 205 Å². The first-order valence-corrected chi connectivity index (χ1v) is 18.9. The molecule has 0 fully saturated rings. The van der Waals surface area contributed by atoms with E-state index in [1.54, 1.807) is 0 Å². The van der Waals surface area contributed by atoms with E-state index in [4.69, 9.17) is 9.15 Å². The standard InChI is InChI=1S/C52H35NO2/c1-2-9-34(10-3-1)35-19-26-40(27-20-35)53(42-30-23-37(24-31-42)43-13-8-16-49-51(43)44-11-4-6-14-47(44)54-49)41-28-21-36(22-29-41)39-18-17-38-25-32-50-52(46(38)33-39)45-12-5-7-15-48(45)55-50/h1-15,17-33,49H,16H2. The minimum absolute atomic E-state index is 0.0582. The average Bonchev–Trinajstić information content (AvgIpc) is 3.84. The maximum absolute atomic E-state index is 6.36. The molecule has 0 radical (unpaired) electrons. The summed E-state index contributed by atoms with van der Waals surface area (Å²) in [5.41, 5.74) is 14.7. The van der Waals surface area contributed by atoms with Crippen molar-refractivity contribution in [2.24, 2.45) is 0 Å². The molecule has 2 aliphatic rings. The zero-order valence-electron chi connectivity index (χ0n) is 30.0. The highest BCUT2D eigenvalue weighted by molar-refractivity contribution is 6.19. The number of ether oxygens (including phenoxy) is 1. The minimum atomic E-state index is 0.0582. The molecular weight excluding hydrogens is 671 g/mol. The minimum Gasteiger partial charge on any atom is -0.485 e. The van der Waals surface area contributed by atoms with E-state index < -0.39 is 0 Å². The van der Waals surface area contributed by atoms with Gasteiger partial charge in [-0.15, -0.1) is 0 Å². The quantitative estimate of drug-likeness (QED) is 0.172. The first-order chi connectivity index (χ1) is 27.2. The van der Waals surface area contributed by atoms with Crippen LogP contribution in [-0.4, -0.2) is 6.10 Å². The van der Waals surface area contributed by atoms with E-state index in [2.05, 4.69) is 181 Å². The lowest BCUT2D eigenvalue weighted by Gasteiger charge is -2.26. The Balaban J connectivity index is 0.984. The summed E-state index contributed by atoms with van der Waals surface area (Å²) in [7, 11) is 0. The van der Waals surface area contributed by atoms with Crippen LogP contribution in [0.5, 0.6) is 5.75 Å². The van der Waals surface area contributed by atoms with Crippen molar-refractivity contribution in [2.75, 3.05) is 4.90 Å². The maximum atomic E-state index is 6.36. The second-order valence-electron chi connectivity index (χ2n) is 14.4. The first kappa shape index (κ1) is 31.4. The van der Waals surface area contributed by atoms with E-state index in [1.165, 1.54) is 55.1 Å². The predicted molar refractivity (Wildman–Crippen MR) is 228 cm³/mol. The Hall–Kier alpha value is -7.10. The van der Waals surface area contributed by atoms with Crippen LogP contribution < -0.4 is 9.64 Å². The number of fused-ring (bicyclic) bond motifs is 8. The van der Waals surface area contributed by atoms with Crippen molar-refractivity contribution in [2.45, 2.75) is 12.5 Å². The van der Waals surface area contributed by atoms with Gasteiger partial charge in [-0.05, 0) is 105 Å². The van der Waals surface area contributed by atoms with Gasteiger partial charge < -0.3 is 14.1 Å². The Morgan fingerprint density at radius 3 is 1.84 bits per heavy atom. The van der Waals surface area contributed by atoms with Crippen LogP contribution >= 0.6 is 0 Å². The molecule has 55 heavy (non-hydrogen) atoms. The molecule has 1 aliphatic heterocycles. The Labute approximate surface area is 319 Å². The summed E-state index contributed by atoms with van der Waals surface area (Å²) in [6, 6.07) is 65.0. The molecule has 0 bridgehead atoms. The molecule has 1 aliphatic carbocycles. The highest BCUT2D eigenvalue weighted by Gasteiger charge is 2.32. The molecule has 0 amide bonds. The number of anilines is 3. The van der Waals surface area contributed by atoms with Gasteiger partial charge in [-0.2, -0.15) is 0 Å². The summed E-state index contributed by atoms with van der Waals surface area (Å²) in [6.07, 6.45) is 5.44. The van der Waals surface area contributed by atoms with Crippen LogP contribution in [-0.2, 0) is 0 Å². The summed E-state index contributed by atoms with van der Waals surface area (Å²) in [6.45, 7) is 0. The number of allylic oxidation sites excluding steroid dienone is 2. The second-order valence-corrected chi connectivity index (χ2v) is 14.4. The van der Waals surface area contributed by atoms with Crippen LogP contribution in [0.25, 0.3) is 66.1 Å². The second kappa shape index (κ2) is 12.8. The molecular formula is C52H35NO2. The largest absolute Gasteiger partial charge is 0.485 e. The molecule has 8 aromatic carbocycles. The maximum Gasteiger partial charge on any atom is 0.136 e. The lowest BCUT2D eigenvalue weighted by molar-refractivity contribution is 0.279. The van der Waals surface area contributed by atoms with Gasteiger partial charge >= 0.3 is 0 Å². The van der Waals surface area contributed by atoms with Crippen LogP contribution in [0.1, 0.15) is 17.5 Å². The number of rotatable bonds is 6. The Kier molecular flexibility index (Phi) is 7.31. The SMILES string of the molecule is C1=CC(c2ccc(N(c3ccc(-c4ccccc4)cc3)c3ccc(-c4ccc5ccc6oc7ccccc7c6c5c4)cc3)cc2)=C2c3ccccc3OC2C1. The molecule has 1 unspecified atom stereocenters. The van der Waals surface area contributed by atoms with Gasteiger partial charge in [-0.3, -0.25) is 0 Å². The molecule has 1 atom stereocenters. The third kappa shape index (κ3) is 5.35. The molecule has 2 heterocycles. The van der Waals surface area contributed by atoms with E-state index in [0.29, 0.717) is 0 Å². The molecule has 260 valence electrons. The molecule has 3 heteroatoms. The van der Waals surface area contributed by atoms with Crippen LogP contribution in [0, 0.1) is 0 Å². The van der Waals surface area contributed by atoms with E-state index in [0.717, 1.165) is 51.3 Å².